The van der Waals surface area contributed by atoms with Gasteiger partial charge in [-0.2, -0.15) is 10.1 Å². The van der Waals surface area contributed by atoms with Crippen LogP contribution in [0.25, 0.3) is 0 Å². The number of amides is 1. The first-order valence-corrected chi connectivity index (χ1v) is 7.66. The Hall–Kier alpha value is -2.51. The van der Waals surface area contributed by atoms with Gasteiger partial charge in [-0.05, 0) is 18.9 Å². The second-order valence-electron chi connectivity index (χ2n) is 5.98. The molecule has 0 N–H and O–H groups in total. The molecule has 1 fully saturated rings. The fourth-order valence-electron chi connectivity index (χ4n) is 2.66. The number of hydrogen-bond acceptors (Lipinski definition) is 6. The first-order chi connectivity index (χ1) is 11.0. The smallest absolute Gasteiger partial charge is 0.274 e. The van der Waals surface area contributed by atoms with Gasteiger partial charge in [0.15, 0.2) is 5.82 Å². The van der Waals surface area contributed by atoms with Crippen molar-refractivity contribution in [1.29, 1.82) is 0 Å². The minimum absolute atomic E-state index is 0.145. The Labute approximate surface area is 133 Å². The summed E-state index contributed by atoms with van der Waals surface area (Å²) in [4.78, 5) is 30.2. The number of nitrogens with zero attached hydrogens (tertiary/aromatic N) is 5. The van der Waals surface area contributed by atoms with Gasteiger partial charge in [0, 0.05) is 25.6 Å². The van der Waals surface area contributed by atoms with Gasteiger partial charge in [0.1, 0.15) is 5.69 Å². The van der Waals surface area contributed by atoms with Crippen LogP contribution in [0.2, 0.25) is 0 Å². The molecule has 0 radical (unpaired) electrons. The molecule has 8 nitrogen and oxygen atoms in total. The average Bonchev–Trinajstić information content (AvgIpc) is 3.17. The lowest BCUT2D eigenvalue weighted by Gasteiger charge is -2.21. The number of hydrogen-bond donors (Lipinski definition) is 0. The third-order valence-electron chi connectivity index (χ3n) is 3.94. The van der Waals surface area contributed by atoms with Gasteiger partial charge in [0.25, 0.3) is 11.5 Å². The van der Waals surface area contributed by atoms with E-state index in [4.69, 9.17) is 4.52 Å². The third kappa shape index (κ3) is 2.88. The Balaban J connectivity index is 1.86. The van der Waals surface area contributed by atoms with Crippen LogP contribution in [0.5, 0.6) is 0 Å². The summed E-state index contributed by atoms with van der Waals surface area (Å²) in [6.45, 7) is 4.56. The molecule has 0 spiro atoms. The number of carbonyl (C=O) groups excluding carboxylic acids is 1. The summed E-state index contributed by atoms with van der Waals surface area (Å²) in [5.74, 6) is 1.02. The molecule has 2 aromatic heterocycles. The molecule has 0 unspecified atom stereocenters. The predicted molar refractivity (Wildman–Crippen MR) is 80.9 cm³/mol. The van der Waals surface area contributed by atoms with E-state index in [1.165, 1.54) is 19.2 Å². The quantitative estimate of drug-likeness (QED) is 0.846. The summed E-state index contributed by atoms with van der Waals surface area (Å²) in [6.07, 6.45) is 1.66. The van der Waals surface area contributed by atoms with E-state index in [9.17, 15) is 9.59 Å². The maximum Gasteiger partial charge on any atom is 0.274 e. The van der Waals surface area contributed by atoms with Crippen LogP contribution in [0.15, 0.2) is 21.5 Å². The fourth-order valence-corrected chi connectivity index (χ4v) is 2.66. The minimum atomic E-state index is -0.251. The largest absolute Gasteiger partial charge is 0.339 e. The monoisotopic (exact) mass is 317 g/mol. The molecular weight excluding hydrogens is 298 g/mol. The highest BCUT2D eigenvalue weighted by molar-refractivity contribution is 5.92. The topological polar surface area (TPSA) is 94.1 Å². The molecule has 1 aliphatic heterocycles. The molecule has 8 heteroatoms. The summed E-state index contributed by atoms with van der Waals surface area (Å²) in [5.41, 5.74) is -0.00848. The minimum Gasteiger partial charge on any atom is -0.339 e. The Morgan fingerprint density at radius 3 is 2.83 bits per heavy atom. The molecule has 3 rings (SSSR count). The lowest BCUT2D eigenvalue weighted by molar-refractivity contribution is 0.0719. The second kappa shape index (κ2) is 5.94. The fraction of sp³-hybridized carbons (Fsp3) is 0.533. The molecule has 0 aliphatic carbocycles. The first-order valence-electron chi connectivity index (χ1n) is 7.66. The van der Waals surface area contributed by atoms with Gasteiger partial charge >= 0.3 is 0 Å². The highest BCUT2D eigenvalue weighted by Crippen LogP contribution is 2.31. The zero-order valence-electron chi connectivity index (χ0n) is 13.4. The molecule has 3 heterocycles. The lowest BCUT2D eigenvalue weighted by Crippen LogP contribution is -2.33. The molecule has 0 saturated carbocycles. The van der Waals surface area contributed by atoms with Gasteiger partial charge in [0.05, 0.1) is 6.04 Å². The molecule has 1 atom stereocenters. The van der Waals surface area contributed by atoms with Crippen molar-refractivity contribution >= 4 is 5.91 Å². The van der Waals surface area contributed by atoms with Gasteiger partial charge in [-0.1, -0.05) is 19.0 Å². The molecule has 2 aromatic rings. The molecule has 1 aliphatic rings. The van der Waals surface area contributed by atoms with E-state index in [1.54, 1.807) is 4.90 Å². The molecule has 0 aromatic carbocycles. The van der Waals surface area contributed by atoms with Crippen molar-refractivity contribution in [2.75, 3.05) is 6.54 Å². The van der Waals surface area contributed by atoms with Crippen LogP contribution >= 0.6 is 0 Å². The van der Waals surface area contributed by atoms with Crippen molar-refractivity contribution in [3.63, 3.8) is 0 Å². The zero-order valence-corrected chi connectivity index (χ0v) is 13.4. The maximum atomic E-state index is 12.7. The van der Waals surface area contributed by atoms with Crippen LogP contribution in [0.4, 0.5) is 0 Å². The van der Waals surface area contributed by atoms with E-state index < -0.39 is 0 Å². The van der Waals surface area contributed by atoms with E-state index in [1.807, 2.05) is 13.8 Å². The van der Waals surface area contributed by atoms with Crippen LogP contribution < -0.4 is 5.56 Å². The molecule has 1 amide bonds. The van der Waals surface area contributed by atoms with Crippen molar-refractivity contribution in [2.24, 2.45) is 7.05 Å². The highest BCUT2D eigenvalue weighted by atomic mass is 16.5. The predicted octanol–water partition coefficient (Wildman–Crippen LogP) is 1.26. The van der Waals surface area contributed by atoms with Gasteiger partial charge in [-0.15, -0.1) is 0 Å². The van der Waals surface area contributed by atoms with Crippen molar-refractivity contribution in [2.45, 2.75) is 38.6 Å². The summed E-state index contributed by atoms with van der Waals surface area (Å²) in [7, 11) is 1.52. The van der Waals surface area contributed by atoms with E-state index in [0.717, 1.165) is 17.5 Å². The van der Waals surface area contributed by atoms with Gasteiger partial charge in [-0.3, -0.25) is 9.59 Å². The number of carbonyl (C=O) groups is 1. The summed E-state index contributed by atoms with van der Waals surface area (Å²) in [6, 6.07) is 2.59. The number of aryl methyl sites for hydroxylation is 1. The van der Waals surface area contributed by atoms with Crippen molar-refractivity contribution in [3.05, 3.63) is 39.9 Å². The normalized spacial score (nSPS) is 17.9. The van der Waals surface area contributed by atoms with Crippen LogP contribution in [0, 0.1) is 0 Å². The molecular formula is C15H19N5O3. The summed E-state index contributed by atoms with van der Waals surface area (Å²) >= 11 is 0. The Bertz CT molecular complexity index is 779. The lowest BCUT2D eigenvalue weighted by atomic mass is 10.2. The summed E-state index contributed by atoms with van der Waals surface area (Å²) < 4.78 is 6.40. The van der Waals surface area contributed by atoms with E-state index in [2.05, 4.69) is 15.2 Å². The second-order valence-corrected chi connectivity index (χ2v) is 5.98. The Morgan fingerprint density at radius 2 is 2.17 bits per heavy atom. The van der Waals surface area contributed by atoms with Crippen LogP contribution in [0.1, 0.15) is 60.9 Å². The van der Waals surface area contributed by atoms with Crippen LogP contribution in [-0.4, -0.2) is 37.3 Å². The number of rotatable bonds is 3. The molecule has 122 valence electrons. The molecule has 0 bridgehead atoms. The van der Waals surface area contributed by atoms with E-state index in [-0.39, 0.29) is 29.1 Å². The molecule has 23 heavy (non-hydrogen) atoms. The van der Waals surface area contributed by atoms with Crippen LogP contribution in [0.3, 0.4) is 0 Å². The average molecular weight is 317 g/mol. The van der Waals surface area contributed by atoms with Gasteiger partial charge in [-0.25, -0.2) is 4.68 Å². The van der Waals surface area contributed by atoms with Crippen molar-refractivity contribution in [1.82, 2.24) is 24.8 Å². The highest BCUT2D eigenvalue weighted by Gasteiger charge is 2.34. The third-order valence-corrected chi connectivity index (χ3v) is 3.94. The molecule has 1 saturated heterocycles. The standard InChI is InChI=1S/C15H19N5O3/c1-9(2)14-16-13(18-23-14)11-5-4-8-20(11)15(22)10-6-7-12(21)19(3)17-10/h6-7,9,11H,4-5,8H2,1-3H3/t11-/m1/s1. The number of aromatic nitrogens is 4. The maximum absolute atomic E-state index is 12.7. The van der Waals surface area contributed by atoms with Gasteiger partial charge < -0.3 is 9.42 Å². The Kier molecular flexibility index (Phi) is 3.97. The van der Waals surface area contributed by atoms with E-state index >= 15 is 0 Å². The first kappa shape index (κ1) is 15.4. The number of likely N-dealkylation sites (tertiary alicyclic amines) is 1. The zero-order chi connectivity index (χ0) is 16.6. The van der Waals surface area contributed by atoms with E-state index in [0.29, 0.717) is 18.3 Å². The SMILES string of the molecule is CC(C)c1nc([C@H]2CCCN2C(=O)c2ccc(=O)n(C)n2)no1. The van der Waals surface area contributed by atoms with Gasteiger partial charge in [0.2, 0.25) is 5.89 Å². The van der Waals surface area contributed by atoms with Crippen LogP contribution in [-0.2, 0) is 7.05 Å². The van der Waals surface area contributed by atoms with Crippen molar-refractivity contribution < 1.29 is 9.32 Å². The van der Waals surface area contributed by atoms with Crippen molar-refractivity contribution in [3.8, 4) is 0 Å². The summed E-state index contributed by atoms with van der Waals surface area (Å²) in [5, 5.41) is 8.05. The Morgan fingerprint density at radius 1 is 1.39 bits per heavy atom.